The first-order valence-electron chi connectivity index (χ1n) is 11.2. The quantitative estimate of drug-likeness (QED) is 0.576. The summed E-state index contributed by atoms with van der Waals surface area (Å²) >= 11 is 0. The minimum absolute atomic E-state index is 0.154. The molecule has 0 saturated heterocycles. The van der Waals surface area contributed by atoms with Gasteiger partial charge in [-0.1, -0.05) is 39.0 Å². The minimum Gasteiger partial charge on any atom is -0.465 e. The van der Waals surface area contributed by atoms with Crippen LogP contribution in [0, 0.1) is 5.41 Å². The second-order valence-corrected chi connectivity index (χ2v) is 10.3. The Hall–Kier alpha value is -2.93. The van der Waals surface area contributed by atoms with Crippen molar-refractivity contribution in [2.75, 3.05) is 13.7 Å². The first-order chi connectivity index (χ1) is 15.4. The summed E-state index contributed by atoms with van der Waals surface area (Å²) in [4.78, 5) is 30.8. The van der Waals surface area contributed by atoms with Crippen LogP contribution in [0.4, 0.5) is 4.79 Å². The molecule has 0 fully saturated rings. The highest BCUT2D eigenvalue weighted by molar-refractivity contribution is 5.89. The molecule has 1 amide bonds. The molecule has 7 nitrogen and oxygen atoms in total. The van der Waals surface area contributed by atoms with Crippen molar-refractivity contribution in [3.63, 3.8) is 0 Å². The first kappa shape index (κ1) is 26.3. The van der Waals surface area contributed by atoms with Gasteiger partial charge < -0.3 is 14.8 Å². The molecule has 0 bridgehead atoms. The number of esters is 1. The molecule has 180 valence electrons. The van der Waals surface area contributed by atoms with Gasteiger partial charge in [0, 0.05) is 38.1 Å². The smallest absolute Gasteiger partial charge is 0.407 e. The minimum atomic E-state index is -0.566. The Morgan fingerprint density at radius 1 is 1.00 bits per heavy atom. The van der Waals surface area contributed by atoms with Crippen LogP contribution in [-0.4, -0.2) is 47.2 Å². The highest BCUT2D eigenvalue weighted by Gasteiger charge is 2.30. The van der Waals surface area contributed by atoms with Crippen LogP contribution in [0.15, 0.2) is 48.8 Å². The fourth-order valence-electron chi connectivity index (χ4n) is 3.30. The van der Waals surface area contributed by atoms with Crippen molar-refractivity contribution >= 4 is 12.1 Å². The van der Waals surface area contributed by atoms with Crippen LogP contribution in [0.5, 0.6) is 0 Å². The summed E-state index contributed by atoms with van der Waals surface area (Å²) in [5.41, 5.74) is 1.88. The molecule has 0 aliphatic heterocycles. The van der Waals surface area contributed by atoms with Gasteiger partial charge in [0.25, 0.3) is 0 Å². The molecule has 1 N–H and O–H groups in total. The van der Waals surface area contributed by atoms with Gasteiger partial charge in [0.1, 0.15) is 5.60 Å². The predicted octanol–water partition coefficient (Wildman–Crippen LogP) is 4.81. The average molecular weight is 456 g/mol. The number of benzene rings is 1. The van der Waals surface area contributed by atoms with Crippen molar-refractivity contribution < 1.29 is 19.1 Å². The molecule has 0 saturated carbocycles. The summed E-state index contributed by atoms with van der Waals surface area (Å²) in [7, 11) is 1.37. The number of methoxy groups -OCH3 is 1. The Kier molecular flexibility index (Phi) is 8.99. The first-order valence-corrected chi connectivity index (χ1v) is 11.2. The van der Waals surface area contributed by atoms with Gasteiger partial charge in [-0.15, -0.1) is 0 Å². The number of nitrogens with one attached hydrogen (secondary N) is 1. The van der Waals surface area contributed by atoms with Crippen LogP contribution in [-0.2, 0) is 22.6 Å². The van der Waals surface area contributed by atoms with Crippen LogP contribution >= 0.6 is 0 Å². The Labute approximate surface area is 197 Å². The molecule has 0 aliphatic carbocycles. The molecular formula is C26H37N3O4. The molecule has 33 heavy (non-hydrogen) atoms. The summed E-state index contributed by atoms with van der Waals surface area (Å²) in [6.07, 6.45) is 3.17. The van der Waals surface area contributed by atoms with E-state index >= 15 is 0 Å². The molecule has 2 aromatic rings. The number of amides is 1. The van der Waals surface area contributed by atoms with E-state index in [0.29, 0.717) is 25.2 Å². The number of hydrogen-bond acceptors (Lipinski definition) is 6. The van der Waals surface area contributed by atoms with Crippen LogP contribution in [0.1, 0.15) is 63.0 Å². The number of pyridine rings is 1. The highest BCUT2D eigenvalue weighted by atomic mass is 16.6. The van der Waals surface area contributed by atoms with Crippen molar-refractivity contribution in [3.05, 3.63) is 65.5 Å². The summed E-state index contributed by atoms with van der Waals surface area (Å²) in [6.45, 7) is 13.8. The monoisotopic (exact) mass is 455 g/mol. The third-order valence-corrected chi connectivity index (χ3v) is 5.09. The number of rotatable bonds is 8. The number of carbonyl (C=O) groups excluding carboxylic acids is 2. The van der Waals surface area contributed by atoms with Crippen molar-refractivity contribution in [2.45, 2.75) is 66.3 Å². The van der Waals surface area contributed by atoms with Gasteiger partial charge in [0.15, 0.2) is 0 Å². The summed E-state index contributed by atoms with van der Waals surface area (Å²) in [5.74, 6) is -0.358. The van der Waals surface area contributed by atoms with Crippen LogP contribution in [0.3, 0.4) is 0 Å². The maximum absolute atomic E-state index is 12.5. The van der Waals surface area contributed by atoms with E-state index in [1.807, 2.05) is 51.2 Å². The lowest BCUT2D eigenvalue weighted by Crippen LogP contribution is -2.51. The molecule has 1 aromatic carbocycles. The maximum atomic E-state index is 12.5. The number of alkyl carbamates (subject to hydrolysis) is 1. The zero-order valence-corrected chi connectivity index (χ0v) is 20.8. The zero-order valence-electron chi connectivity index (χ0n) is 20.8. The van der Waals surface area contributed by atoms with E-state index in [1.54, 1.807) is 18.3 Å². The molecule has 0 aliphatic rings. The Morgan fingerprint density at radius 3 is 2.15 bits per heavy atom. The lowest BCUT2D eigenvalue weighted by molar-refractivity contribution is 0.0432. The van der Waals surface area contributed by atoms with Crippen LogP contribution < -0.4 is 5.32 Å². The van der Waals surface area contributed by atoms with Crippen molar-refractivity contribution in [1.82, 2.24) is 15.2 Å². The van der Waals surface area contributed by atoms with Crippen LogP contribution in [0.2, 0.25) is 0 Å². The van der Waals surface area contributed by atoms with E-state index in [2.05, 4.69) is 36.0 Å². The fourth-order valence-corrected chi connectivity index (χ4v) is 3.30. The second kappa shape index (κ2) is 11.3. The zero-order chi connectivity index (χ0) is 24.6. The van der Waals surface area contributed by atoms with E-state index in [9.17, 15) is 9.59 Å². The Morgan fingerprint density at radius 2 is 1.64 bits per heavy atom. The van der Waals surface area contributed by atoms with E-state index in [4.69, 9.17) is 9.47 Å². The molecule has 0 unspecified atom stereocenters. The lowest BCUT2D eigenvalue weighted by atomic mass is 9.86. The Balaban J connectivity index is 2.23. The fraction of sp³-hybridized carbons (Fsp3) is 0.500. The molecule has 0 spiro atoms. The lowest BCUT2D eigenvalue weighted by Gasteiger charge is -2.36. The molecular weight excluding hydrogens is 418 g/mol. The summed E-state index contributed by atoms with van der Waals surface area (Å²) in [5, 5.41) is 3.07. The molecule has 1 heterocycles. The van der Waals surface area contributed by atoms with E-state index in [-0.39, 0.29) is 17.4 Å². The predicted molar refractivity (Wildman–Crippen MR) is 129 cm³/mol. The molecule has 7 heteroatoms. The van der Waals surface area contributed by atoms with Gasteiger partial charge in [-0.05, 0) is 55.5 Å². The number of nitrogens with zero attached hydrogens (tertiary/aromatic N) is 2. The van der Waals surface area contributed by atoms with Gasteiger partial charge in [-0.3, -0.25) is 9.88 Å². The van der Waals surface area contributed by atoms with Crippen molar-refractivity contribution in [3.8, 4) is 0 Å². The van der Waals surface area contributed by atoms with E-state index < -0.39 is 11.7 Å². The Bertz CT molecular complexity index is 900. The third kappa shape index (κ3) is 9.22. The number of aromatic nitrogens is 1. The van der Waals surface area contributed by atoms with Crippen molar-refractivity contribution in [1.29, 1.82) is 0 Å². The highest BCUT2D eigenvalue weighted by Crippen LogP contribution is 2.23. The molecule has 2 rings (SSSR count). The SMILES string of the molecule is COC(=O)c1ccc(CN(Cc2cccnc2)C[C@@H](NC(=O)OC(C)(C)C)C(C)(C)C)cc1. The van der Waals surface area contributed by atoms with Gasteiger partial charge in [0.2, 0.25) is 0 Å². The summed E-state index contributed by atoms with van der Waals surface area (Å²) in [6, 6.07) is 11.2. The van der Waals surface area contributed by atoms with E-state index in [0.717, 1.165) is 11.1 Å². The normalized spacial score (nSPS) is 12.8. The molecule has 1 aromatic heterocycles. The van der Waals surface area contributed by atoms with Gasteiger partial charge in [-0.25, -0.2) is 9.59 Å². The van der Waals surface area contributed by atoms with Crippen molar-refractivity contribution in [2.24, 2.45) is 5.41 Å². The number of ether oxygens (including phenoxy) is 2. The van der Waals surface area contributed by atoms with Crippen LogP contribution in [0.25, 0.3) is 0 Å². The van der Waals surface area contributed by atoms with E-state index in [1.165, 1.54) is 7.11 Å². The largest absolute Gasteiger partial charge is 0.465 e. The number of carbonyl (C=O) groups is 2. The maximum Gasteiger partial charge on any atom is 0.407 e. The van der Waals surface area contributed by atoms with Gasteiger partial charge in [-0.2, -0.15) is 0 Å². The molecule has 1 atom stereocenters. The topological polar surface area (TPSA) is 80.8 Å². The summed E-state index contributed by atoms with van der Waals surface area (Å²) < 4.78 is 10.3. The second-order valence-electron chi connectivity index (χ2n) is 10.3. The standard InChI is InChI=1S/C26H37N3O4/c1-25(2,3)22(28-24(31)33-26(4,5)6)18-29(17-20-9-8-14-27-15-20)16-19-10-12-21(13-11-19)23(30)32-7/h8-15,22H,16-18H2,1-7H3,(H,28,31)/t22-/m1/s1. The van der Waals surface area contributed by atoms with Gasteiger partial charge in [0.05, 0.1) is 12.7 Å². The number of hydrogen-bond donors (Lipinski definition) is 1. The third-order valence-electron chi connectivity index (χ3n) is 5.09. The average Bonchev–Trinajstić information content (AvgIpc) is 2.72. The van der Waals surface area contributed by atoms with Gasteiger partial charge >= 0.3 is 12.1 Å². The molecule has 0 radical (unpaired) electrons.